The van der Waals surface area contributed by atoms with Gasteiger partial charge in [-0.05, 0) is 6.07 Å². The summed E-state index contributed by atoms with van der Waals surface area (Å²) in [6, 6.07) is 4.45. The zero-order chi connectivity index (χ0) is 8.43. The Hall–Kier alpha value is -1.23. The van der Waals surface area contributed by atoms with Crippen molar-refractivity contribution in [1.82, 2.24) is 0 Å². The van der Waals surface area contributed by atoms with Crippen LogP contribution in [0.1, 0.15) is 0 Å². The van der Waals surface area contributed by atoms with Crippen LogP contribution in [0.5, 0.6) is 0 Å². The molecule has 0 aliphatic rings. The van der Waals surface area contributed by atoms with E-state index in [1.54, 1.807) is 6.07 Å². The maximum atomic E-state index is 10.3. The fourth-order valence-electron chi connectivity index (χ4n) is 0.696. The van der Waals surface area contributed by atoms with Crippen LogP contribution in [0.25, 0.3) is 0 Å². The summed E-state index contributed by atoms with van der Waals surface area (Å²) < 4.78 is 0. The zero-order valence-electron chi connectivity index (χ0n) is 5.52. The smallest absolute Gasteiger partial charge is 0.284 e. The fourth-order valence-corrected chi connectivity index (χ4v) is 0.927. The highest BCUT2D eigenvalue weighted by Crippen LogP contribution is 2.26. The molecule has 0 fully saturated rings. The van der Waals surface area contributed by atoms with Gasteiger partial charge in [-0.2, -0.15) is 0 Å². The normalized spacial score (nSPS) is 9.55. The third kappa shape index (κ3) is 1.43. The Morgan fingerprint density at radius 3 is 2.64 bits per heavy atom. The van der Waals surface area contributed by atoms with Crippen molar-refractivity contribution in [3.05, 3.63) is 28.3 Å². The topological polar surface area (TPSA) is 69.2 Å². The molecule has 5 heteroatoms. The molecule has 0 radical (unpaired) electrons. The van der Waals surface area contributed by atoms with E-state index in [1.165, 1.54) is 12.1 Å². The average Bonchev–Trinajstić information content (AvgIpc) is 1.94. The number of hydrogen-bond acceptors (Lipinski definition) is 4. The number of thiol groups is 1. The highest BCUT2D eigenvalue weighted by Gasteiger charge is 2.11. The highest BCUT2D eigenvalue weighted by molar-refractivity contribution is 7.80. The molecule has 1 aromatic carbocycles. The maximum absolute atomic E-state index is 10.3. The van der Waals surface area contributed by atoms with E-state index in [-0.39, 0.29) is 10.6 Å². The van der Waals surface area contributed by atoms with Crippen molar-refractivity contribution in [2.45, 2.75) is 4.90 Å². The highest BCUT2D eigenvalue weighted by atomic mass is 32.1. The third-order valence-corrected chi connectivity index (χ3v) is 1.73. The Labute approximate surface area is 68.6 Å². The van der Waals surface area contributed by atoms with E-state index < -0.39 is 4.92 Å². The lowest BCUT2D eigenvalue weighted by atomic mass is 10.3. The van der Waals surface area contributed by atoms with Gasteiger partial charge >= 0.3 is 0 Å². The fraction of sp³-hybridized carbons (Fsp3) is 0. The average molecular weight is 170 g/mol. The molecule has 4 nitrogen and oxygen atoms in total. The van der Waals surface area contributed by atoms with E-state index in [9.17, 15) is 10.1 Å². The summed E-state index contributed by atoms with van der Waals surface area (Å²) in [7, 11) is 0. The summed E-state index contributed by atoms with van der Waals surface area (Å²) in [4.78, 5) is 9.98. The molecule has 0 spiro atoms. The number of nitro benzene ring substituents is 1. The molecule has 0 unspecified atom stereocenters. The van der Waals surface area contributed by atoms with Gasteiger partial charge in [0.1, 0.15) is 4.90 Å². The number of nitrogen functional groups attached to an aromatic ring is 1. The predicted molar refractivity (Wildman–Crippen MR) is 44.8 cm³/mol. The zero-order valence-corrected chi connectivity index (χ0v) is 6.41. The number of anilines is 1. The molecular weight excluding hydrogens is 164 g/mol. The first-order chi connectivity index (χ1) is 5.13. The number of hydrogen-bond donors (Lipinski definition) is 2. The van der Waals surface area contributed by atoms with Crippen molar-refractivity contribution >= 4 is 24.0 Å². The molecule has 0 aromatic heterocycles. The summed E-state index contributed by atoms with van der Waals surface area (Å²) in [5, 5.41) is 10.3. The van der Waals surface area contributed by atoms with Crippen LogP contribution < -0.4 is 5.73 Å². The third-order valence-electron chi connectivity index (χ3n) is 1.24. The Kier molecular flexibility index (Phi) is 2.00. The minimum absolute atomic E-state index is 0.0617. The molecule has 0 aliphatic heterocycles. The molecule has 1 aromatic rings. The Morgan fingerprint density at radius 2 is 2.18 bits per heavy atom. The molecule has 0 saturated heterocycles. The van der Waals surface area contributed by atoms with Crippen LogP contribution in [0.4, 0.5) is 11.4 Å². The first kappa shape index (κ1) is 7.87. The van der Waals surface area contributed by atoms with E-state index in [2.05, 4.69) is 12.6 Å². The maximum Gasteiger partial charge on any atom is 0.284 e. The number of benzene rings is 1. The van der Waals surface area contributed by atoms with Gasteiger partial charge in [0.15, 0.2) is 0 Å². The minimum atomic E-state index is -0.515. The molecule has 2 N–H and O–H groups in total. The number of nitro groups is 1. The lowest BCUT2D eigenvalue weighted by molar-refractivity contribution is -0.387. The van der Waals surface area contributed by atoms with E-state index in [0.717, 1.165) is 0 Å². The second-order valence-electron chi connectivity index (χ2n) is 1.97. The minimum Gasteiger partial charge on any atom is -0.398 e. The largest absolute Gasteiger partial charge is 0.398 e. The second kappa shape index (κ2) is 2.79. The Bertz CT molecular complexity index is 301. The van der Waals surface area contributed by atoms with E-state index in [1.807, 2.05) is 0 Å². The van der Waals surface area contributed by atoms with Gasteiger partial charge < -0.3 is 5.73 Å². The molecule has 11 heavy (non-hydrogen) atoms. The molecule has 0 heterocycles. The molecule has 0 bridgehead atoms. The van der Waals surface area contributed by atoms with Crippen LogP contribution >= 0.6 is 12.6 Å². The molecular formula is C6H6N2O2S. The predicted octanol–water partition coefficient (Wildman–Crippen LogP) is 1.47. The summed E-state index contributed by atoms with van der Waals surface area (Å²) in [6.07, 6.45) is 0. The Morgan fingerprint density at radius 1 is 1.55 bits per heavy atom. The van der Waals surface area contributed by atoms with Gasteiger partial charge in [-0.1, -0.05) is 6.07 Å². The molecule has 0 saturated carbocycles. The van der Waals surface area contributed by atoms with Gasteiger partial charge in [0.2, 0.25) is 0 Å². The van der Waals surface area contributed by atoms with Crippen molar-refractivity contribution in [1.29, 1.82) is 0 Å². The summed E-state index contributed by atoms with van der Waals surface area (Å²) in [5.41, 5.74) is 5.64. The van der Waals surface area contributed by atoms with Crippen molar-refractivity contribution in [3.8, 4) is 0 Å². The van der Waals surface area contributed by atoms with Crippen LogP contribution in [0, 0.1) is 10.1 Å². The lowest BCUT2D eigenvalue weighted by Gasteiger charge is -1.97. The van der Waals surface area contributed by atoms with Gasteiger partial charge in [-0.15, -0.1) is 12.6 Å². The molecule has 58 valence electrons. The van der Waals surface area contributed by atoms with E-state index in [4.69, 9.17) is 5.73 Å². The van der Waals surface area contributed by atoms with Gasteiger partial charge in [0.25, 0.3) is 5.69 Å². The quantitative estimate of drug-likeness (QED) is 0.290. The first-order valence-corrected chi connectivity index (χ1v) is 3.29. The summed E-state index contributed by atoms with van der Waals surface area (Å²) in [6.45, 7) is 0. The van der Waals surface area contributed by atoms with Gasteiger partial charge in [-0.3, -0.25) is 10.1 Å². The lowest BCUT2D eigenvalue weighted by Crippen LogP contribution is -1.93. The van der Waals surface area contributed by atoms with Gasteiger partial charge in [0, 0.05) is 6.07 Å². The van der Waals surface area contributed by atoms with Gasteiger partial charge in [-0.25, -0.2) is 0 Å². The first-order valence-electron chi connectivity index (χ1n) is 2.85. The summed E-state index contributed by atoms with van der Waals surface area (Å²) in [5.74, 6) is 0. The Balaban J connectivity index is 3.27. The van der Waals surface area contributed by atoms with Crippen molar-refractivity contribution < 1.29 is 4.92 Å². The standard InChI is InChI=1S/C6H6N2O2S/c7-4-2-1-3-5(6(4)11)8(9)10/h1-3,11H,7H2. The van der Waals surface area contributed by atoms with Crippen LogP contribution in [0.15, 0.2) is 23.1 Å². The monoisotopic (exact) mass is 170 g/mol. The van der Waals surface area contributed by atoms with Crippen LogP contribution in [0.2, 0.25) is 0 Å². The SMILES string of the molecule is Nc1cccc([N+](=O)[O-])c1S. The second-order valence-corrected chi connectivity index (χ2v) is 2.42. The molecule has 0 atom stereocenters. The van der Waals surface area contributed by atoms with E-state index >= 15 is 0 Å². The van der Waals surface area contributed by atoms with Crippen molar-refractivity contribution in [2.24, 2.45) is 0 Å². The van der Waals surface area contributed by atoms with Crippen molar-refractivity contribution in [2.75, 3.05) is 5.73 Å². The molecule has 0 aliphatic carbocycles. The molecule has 1 rings (SSSR count). The molecule has 0 amide bonds. The van der Waals surface area contributed by atoms with Crippen LogP contribution in [-0.2, 0) is 0 Å². The van der Waals surface area contributed by atoms with Crippen LogP contribution in [-0.4, -0.2) is 4.92 Å². The summed E-state index contributed by atoms with van der Waals surface area (Å²) >= 11 is 3.88. The number of nitrogens with two attached hydrogens (primary N) is 1. The van der Waals surface area contributed by atoms with Crippen molar-refractivity contribution in [3.63, 3.8) is 0 Å². The number of nitrogens with zero attached hydrogens (tertiary/aromatic N) is 1. The number of rotatable bonds is 1. The van der Waals surface area contributed by atoms with Gasteiger partial charge in [0.05, 0.1) is 10.6 Å². The van der Waals surface area contributed by atoms with Crippen LogP contribution in [0.3, 0.4) is 0 Å². The van der Waals surface area contributed by atoms with E-state index in [0.29, 0.717) is 5.69 Å².